The van der Waals surface area contributed by atoms with Gasteiger partial charge in [-0.25, -0.2) is 0 Å². The summed E-state index contributed by atoms with van der Waals surface area (Å²) in [5.74, 6) is 4.54. The molecule has 7 heteroatoms. The summed E-state index contributed by atoms with van der Waals surface area (Å²) in [6.45, 7) is 2.53. The molecule has 4 rings (SSSR count). The molecule has 6 nitrogen and oxygen atoms in total. The van der Waals surface area contributed by atoms with E-state index in [0.29, 0.717) is 24.6 Å². The molecule has 0 radical (unpaired) electrons. The molecule has 2 N–H and O–H groups in total. The van der Waals surface area contributed by atoms with E-state index in [1.54, 1.807) is 0 Å². The Balaban J connectivity index is 1.23. The molecule has 0 aromatic heterocycles. The van der Waals surface area contributed by atoms with Crippen LogP contribution in [0.25, 0.3) is 0 Å². The molecule has 1 heterocycles. The van der Waals surface area contributed by atoms with E-state index in [1.807, 2.05) is 24.9 Å². The van der Waals surface area contributed by atoms with Crippen LogP contribution in [0.15, 0.2) is 29.3 Å². The minimum atomic E-state index is 0.201. The first kappa shape index (κ1) is 22.3. The fourth-order valence-electron chi connectivity index (χ4n) is 4.53. The topological polar surface area (TPSA) is 66.0 Å². The quantitative estimate of drug-likeness (QED) is 0.520. The van der Waals surface area contributed by atoms with E-state index >= 15 is 0 Å². The van der Waals surface area contributed by atoms with E-state index in [0.717, 1.165) is 80.4 Å². The fraction of sp³-hybridized carbons (Fsp3) is 0.667. The van der Waals surface area contributed by atoms with Crippen LogP contribution >= 0.6 is 11.8 Å². The Bertz CT molecular complexity index is 754. The van der Waals surface area contributed by atoms with Gasteiger partial charge in [0.05, 0.1) is 6.10 Å². The van der Waals surface area contributed by atoms with Gasteiger partial charge in [-0.3, -0.25) is 9.79 Å². The van der Waals surface area contributed by atoms with Crippen LogP contribution in [0, 0.1) is 5.92 Å². The number of hydrogen-bond acceptors (Lipinski definition) is 4. The molecule has 0 unspecified atom stereocenters. The lowest BCUT2D eigenvalue weighted by molar-refractivity contribution is -0.136. The maximum Gasteiger partial charge on any atom is 0.225 e. The standard InChI is InChI=1S/C24H36N4O2S/c1-25-24(26-17-19-5-2-3-8-22(19)30-21-6-4-7-21)27-20-11-9-18(10-12-20)23(29)28-13-15-31-16-14-28/h2-3,5,8,18,20-21H,4,6-7,9-17H2,1H3,(H2,25,26,27). The molecular weight excluding hydrogens is 408 g/mol. The Morgan fingerprint density at radius 1 is 1.13 bits per heavy atom. The number of ether oxygens (including phenoxy) is 1. The summed E-state index contributed by atoms with van der Waals surface area (Å²) >= 11 is 1.95. The van der Waals surface area contributed by atoms with Crippen LogP contribution in [0.1, 0.15) is 50.5 Å². The van der Waals surface area contributed by atoms with Crippen LogP contribution in [0.3, 0.4) is 0 Å². The minimum absolute atomic E-state index is 0.201. The lowest BCUT2D eigenvalue weighted by atomic mass is 9.85. The monoisotopic (exact) mass is 444 g/mol. The summed E-state index contributed by atoms with van der Waals surface area (Å²) in [6.07, 6.45) is 7.93. The molecule has 1 saturated heterocycles. The van der Waals surface area contributed by atoms with Crippen LogP contribution in [-0.4, -0.2) is 60.6 Å². The van der Waals surface area contributed by atoms with E-state index in [4.69, 9.17) is 4.74 Å². The van der Waals surface area contributed by atoms with Gasteiger partial charge in [-0.1, -0.05) is 18.2 Å². The van der Waals surface area contributed by atoms with Gasteiger partial charge in [0, 0.05) is 55.7 Å². The number of guanidine groups is 1. The van der Waals surface area contributed by atoms with Crippen molar-refractivity contribution in [2.24, 2.45) is 10.9 Å². The minimum Gasteiger partial charge on any atom is -0.490 e. The molecule has 3 aliphatic rings. The number of carbonyl (C=O) groups excluding carboxylic acids is 1. The highest BCUT2D eigenvalue weighted by atomic mass is 32.2. The maximum atomic E-state index is 12.8. The number of benzene rings is 1. The van der Waals surface area contributed by atoms with Crippen LogP contribution in [-0.2, 0) is 11.3 Å². The van der Waals surface area contributed by atoms with Crippen molar-refractivity contribution in [3.05, 3.63) is 29.8 Å². The average Bonchev–Trinajstić information content (AvgIpc) is 2.80. The number of aliphatic imine (C=N–C) groups is 1. The molecule has 3 fully saturated rings. The average molecular weight is 445 g/mol. The maximum absolute atomic E-state index is 12.8. The van der Waals surface area contributed by atoms with Crippen LogP contribution in [0.4, 0.5) is 0 Å². The van der Waals surface area contributed by atoms with Gasteiger partial charge in [0.2, 0.25) is 5.91 Å². The molecule has 0 atom stereocenters. The summed E-state index contributed by atoms with van der Waals surface area (Å²) < 4.78 is 6.14. The zero-order valence-electron chi connectivity index (χ0n) is 18.6. The highest BCUT2D eigenvalue weighted by molar-refractivity contribution is 7.99. The van der Waals surface area contributed by atoms with Crippen LogP contribution in [0.2, 0.25) is 0 Å². The number of amides is 1. The lowest BCUT2D eigenvalue weighted by Crippen LogP contribution is -2.47. The summed E-state index contributed by atoms with van der Waals surface area (Å²) in [5, 5.41) is 7.02. The van der Waals surface area contributed by atoms with Gasteiger partial charge < -0.3 is 20.3 Å². The van der Waals surface area contributed by atoms with Gasteiger partial charge in [0.25, 0.3) is 0 Å². The predicted octanol–water partition coefficient (Wildman–Crippen LogP) is 3.42. The van der Waals surface area contributed by atoms with Crippen molar-refractivity contribution in [3.8, 4) is 5.75 Å². The smallest absolute Gasteiger partial charge is 0.225 e. The molecular formula is C24H36N4O2S. The summed E-state index contributed by atoms with van der Waals surface area (Å²) in [6, 6.07) is 8.64. The first-order chi connectivity index (χ1) is 15.2. The molecule has 31 heavy (non-hydrogen) atoms. The Kier molecular flexibility index (Phi) is 8.00. The van der Waals surface area contributed by atoms with Crippen molar-refractivity contribution in [3.63, 3.8) is 0 Å². The molecule has 1 aromatic carbocycles. The SMILES string of the molecule is CN=C(NCc1ccccc1OC1CCC1)NC1CCC(C(=O)N2CCSCC2)CC1. The van der Waals surface area contributed by atoms with Gasteiger partial charge in [-0.2, -0.15) is 11.8 Å². The van der Waals surface area contributed by atoms with E-state index in [-0.39, 0.29) is 5.92 Å². The second kappa shape index (κ2) is 11.1. The molecule has 1 aliphatic heterocycles. The number of nitrogens with zero attached hydrogens (tertiary/aromatic N) is 2. The van der Waals surface area contributed by atoms with Gasteiger partial charge >= 0.3 is 0 Å². The van der Waals surface area contributed by atoms with Gasteiger partial charge in [0.1, 0.15) is 5.75 Å². The normalized spacial score (nSPS) is 24.9. The summed E-state index contributed by atoms with van der Waals surface area (Å²) in [4.78, 5) is 19.3. The number of carbonyl (C=O) groups is 1. The number of rotatable bonds is 6. The third kappa shape index (κ3) is 6.09. The summed E-state index contributed by atoms with van der Waals surface area (Å²) in [7, 11) is 1.82. The lowest BCUT2D eigenvalue weighted by Gasteiger charge is -2.34. The highest BCUT2D eigenvalue weighted by Crippen LogP contribution is 2.28. The number of thioether (sulfide) groups is 1. The van der Waals surface area contributed by atoms with Crippen molar-refractivity contribution in [1.82, 2.24) is 15.5 Å². The van der Waals surface area contributed by atoms with Crippen molar-refractivity contribution in [2.75, 3.05) is 31.6 Å². The molecule has 1 amide bonds. The second-order valence-electron chi connectivity index (χ2n) is 8.83. The highest BCUT2D eigenvalue weighted by Gasteiger charge is 2.30. The number of para-hydroxylation sites is 1. The predicted molar refractivity (Wildman–Crippen MR) is 128 cm³/mol. The third-order valence-electron chi connectivity index (χ3n) is 6.73. The van der Waals surface area contributed by atoms with Crippen LogP contribution in [0.5, 0.6) is 5.75 Å². The molecule has 2 saturated carbocycles. The van der Waals surface area contributed by atoms with E-state index in [1.165, 1.54) is 6.42 Å². The number of hydrogen-bond donors (Lipinski definition) is 2. The molecule has 0 spiro atoms. The third-order valence-corrected chi connectivity index (χ3v) is 7.67. The first-order valence-corrected chi connectivity index (χ1v) is 13.0. The Morgan fingerprint density at radius 2 is 1.87 bits per heavy atom. The fourth-order valence-corrected chi connectivity index (χ4v) is 5.43. The van der Waals surface area contributed by atoms with Crippen molar-refractivity contribution >= 4 is 23.6 Å². The molecule has 2 aliphatic carbocycles. The molecule has 1 aromatic rings. The Labute approximate surface area is 190 Å². The van der Waals surface area contributed by atoms with Crippen LogP contribution < -0.4 is 15.4 Å². The van der Waals surface area contributed by atoms with Gasteiger partial charge in [0.15, 0.2) is 5.96 Å². The Hall–Kier alpha value is -1.89. The summed E-state index contributed by atoms with van der Waals surface area (Å²) in [5.41, 5.74) is 1.16. The zero-order chi connectivity index (χ0) is 21.5. The van der Waals surface area contributed by atoms with E-state index in [9.17, 15) is 4.79 Å². The van der Waals surface area contributed by atoms with Crippen molar-refractivity contribution in [2.45, 2.75) is 63.6 Å². The zero-order valence-corrected chi connectivity index (χ0v) is 19.5. The largest absolute Gasteiger partial charge is 0.490 e. The first-order valence-electron chi connectivity index (χ1n) is 11.8. The van der Waals surface area contributed by atoms with Gasteiger partial charge in [-0.15, -0.1) is 0 Å². The Morgan fingerprint density at radius 3 is 2.55 bits per heavy atom. The molecule has 0 bridgehead atoms. The van der Waals surface area contributed by atoms with E-state index in [2.05, 4.69) is 38.7 Å². The van der Waals surface area contributed by atoms with Crippen molar-refractivity contribution < 1.29 is 9.53 Å². The molecule has 170 valence electrons. The number of nitrogens with one attached hydrogen (secondary N) is 2. The van der Waals surface area contributed by atoms with Crippen molar-refractivity contribution in [1.29, 1.82) is 0 Å². The second-order valence-corrected chi connectivity index (χ2v) is 10.1. The van der Waals surface area contributed by atoms with Gasteiger partial charge in [-0.05, 0) is 51.0 Å². The van der Waals surface area contributed by atoms with E-state index < -0.39 is 0 Å².